The van der Waals surface area contributed by atoms with Crippen molar-refractivity contribution in [3.8, 4) is 0 Å². The molecule has 0 amide bonds. The molecular formula is C7H16P-. The molecule has 0 bridgehead atoms. The fourth-order valence-corrected chi connectivity index (χ4v) is 0.750. The van der Waals surface area contributed by atoms with E-state index in [9.17, 15) is 0 Å². The summed E-state index contributed by atoms with van der Waals surface area (Å²) in [5, 5.41) is 0.431. The van der Waals surface area contributed by atoms with E-state index < -0.39 is 0 Å². The molecule has 0 aromatic heterocycles. The Balaban J connectivity index is 3.58. The lowest BCUT2D eigenvalue weighted by molar-refractivity contribution is 0.531. The molecule has 0 radical (unpaired) electrons. The highest BCUT2D eigenvalue weighted by atomic mass is 31.0. The van der Waals surface area contributed by atoms with Crippen molar-refractivity contribution in [3.63, 3.8) is 0 Å². The van der Waals surface area contributed by atoms with E-state index in [1.807, 2.05) is 0 Å². The zero-order valence-corrected chi connectivity index (χ0v) is 7.12. The van der Waals surface area contributed by atoms with Crippen LogP contribution in [0.1, 0.15) is 40.0 Å². The van der Waals surface area contributed by atoms with Crippen molar-refractivity contribution in [2.75, 3.05) is 0 Å². The maximum atomic E-state index is 3.73. The summed E-state index contributed by atoms with van der Waals surface area (Å²) in [6, 6.07) is 0. The number of hydrogen-bond acceptors (Lipinski definition) is 0. The first-order chi connectivity index (χ1) is 3.68. The second kappa shape index (κ2) is 3.45. The van der Waals surface area contributed by atoms with Gasteiger partial charge in [0.1, 0.15) is 0 Å². The molecule has 0 aromatic carbocycles. The van der Waals surface area contributed by atoms with E-state index in [1.165, 1.54) is 19.3 Å². The van der Waals surface area contributed by atoms with Gasteiger partial charge in [-0.3, -0.25) is 0 Å². The number of hydrogen-bond donors (Lipinski definition) is 0. The van der Waals surface area contributed by atoms with E-state index in [0.717, 1.165) is 0 Å². The van der Waals surface area contributed by atoms with Gasteiger partial charge in [-0.1, -0.05) is 40.0 Å². The Bertz CT molecular complexity index is 47.1. The average Bonchev–Trinajstić information content (AvgIpc) is 1.87. The summed E-state index contributed by atoms with van der Waals surface area (Å²) < 4.78 is 0. The van der Waals surface area contributed by atoms with E-state index >= 15 is 0 Å². The molecule has 0 spiro atoms. The maximum absolute atomic E-state index is 3.73. The smallest absolute Gasteiger partial charge is 0.0672 e. The van der Waals surface area contributed by atoms with Crippen molar-refractivity contribution in [1.82, 2.24) is 0 Å². The third-order valence-corrected chi connectivity index (χ3v) is 3.09. The molecule has 0 rings (SSSR count). The first-order valence-corrected chi connectivity index (χ1v) is 3.93. The second-order valence-corrected chi connectivity index (χ2v) is 3.40. The summed E-state index contributed by atoms with van der Waals surface area (Å²) in [4.78, 5) is 0. The van der Waals surface area contributed by atoms with E-state index in [-0.39, 0.29) is 0 Å². The minimum Gasteiger partial charge on any atom is -0.552 e. The molecule has 0 N–H and O–H groups in total. The molecule has 0 unspecified atom stereocenters. The van der Waals surface area contributed by atoms with Crippen LogP contribution in [0.3, 0.4) is 0 Å². The first-order valence-electron chi connectivity index (χ1n) is 3.43. The highest BCUT2D eigenvalue weighted by molar-refractivity contribution is 7.18. The lowest BCUT2D eigenvalue weighted by Crippen LogP contribution is -2.15. The molecule has 0 heterocycles. The van der Waals surface area contributed by atoms with Gasteiger partial charge in [0.25, 0.3) is 0 Å². The topological polar surface area (TPSA) is 0 Å². The van der Waals surface area contributed by atoms with Crippen LogP contribution in [0.5, 0.6) is 0 Å². The number of rotatable bonds is 3. The van der Waals surface area contributed by atoms with E-state index in [1.54, 1.807) is 0 Å². The maximum Gasteiger partial charge on any atom is -0.0672 e. The molecule has 8 heavy (non-hydrogen) atoms. The summed E-state index contributed by atoms with van der Waals surface area (Å²) >= 11 is 0. The zero-order valence-electron chi connectivity index (χ0n) is 6.12. The van der Waals surface area contributed by atoms with Crippen molar-refractivity contribution in [2.24, 2.45) is 0 Å². The molecule has 0 nitrogen and oxygen atoms in total. The molecular weight excluding hydrogens is 115 g/mol. The van der Waals surface area contributed by atoms with E-state index in [2.05, 4.69) is 30.0 Å². The highest BCUT2D eigenvalue weighted by Crippen LogP contribution is 2.29. The van der Waals surface area contributed by atoms with Crippen molar-refractivity contribution in [2.45, 2.75) is 45.2 Å². The first kappa shape index (κ1) is 8.43. The summed E-state index contributed by atoms with van der Waals surface area (Å²) in [5.74, 6) is 0. The van der Waals surface area contributed by atoms with Crippen molar-refractivity contribution < 1.29 is 0 Å². The normalized spacial score (nSPS) is 12.0. The van der Waals surface area contributed by atoms with Crippen LogP contribution in [0.15, 0.2) is 0 Å². The minimum absolute atomic E-state index is 0.431. The van der Waals surface area contributed by atoms with Gasteiger partial charge in [-0.05, 0) is 0 Å². The summed E-state index contributed by atoms with van der Waals surface area (Å²) in [5.41, 5.74) is 0. The van der Waals surface area contributed by atoms with Crippen molar-refractivity contribution >= 4 is 9.24 Å². The van der Waals surface area contributed by atoms with Crippen LogP contribution < -0.4 is 0 Å². The molecule has 0 aliphatic heterocycles. The van der Waals surface area contributed by atoms with Crippen molar-refractivity contribution in [1.29, 1.82) is 0 Å². The summed E-state index contributed by atoms with van der Waals surface area (Å²) in [6.07, 6.45) is 3.70. The third kappa shape index (κ3) is 2.13. The summed E-state index contributed by atoms with van der Waals surface area (Å²) in [6.45, 7) is 6.67. The van der Waals surface area contributed by atoms with E-state index in [4.69, 9.17) is 0 Å². The van der Waals surface area contributed by atoms with E-state index in [0.29, 0.717) is 5.16 Å². The third-order valence-electron chi connectivity index (χ3n) is 2.03. The van der Waals surface area contributed by atoms with Gasteiger partial charge in [0, 0.05) is 0 Å². The van der Waals surface area contributed by atoms with Gasteiger partial charge in [-0.25, -0.2) is 0 Å². The van der Waals surface area contributed by atoms with Gasteiger partial charge in [-0.2, -0.15) is 5.16 Å². The van der Waals surface area contributed by atoms with Crippen LogP contribution >= 0.6 is 9.24 Å². The lowest BCUT2D eigenvalue weighted by atomic mass is 9.99. The monoisotopic (exact) mass is 131 g/mol. The lowest BCUT2D eigenvalue weighted by Gasteiger charge is -2.35. The molecule has 0 saturated heterocycles. The van der Waals surface area contributed by atoms with Crippen LogP contribution in [0.4, 0.5) is 0 Å². The van der Waals surface area contributed by atoms with Gasteiger partial charge in [0.2, 0.25) is 0 Å². The van der Waals surface area contributed by atoms with Crippen LogP contribution in [0.25, 0.3) is 0 Å². The van der Waals surface area contributed by atoms with Gasteiger partial charge >= 0.3 is 0 Å². The summed E-state index contributed by atoms with van der Waals surface area (Å²) in [7, 11) is 3.73. The minimum atomic E-state index is 0.431. The quantitative estimate of drug-likeness (QED) is 0.516. The molecule has 1 heteroatoms. The Labute approximate surface area is 55.3 Å². The second-order valence-electron chi connectivity index (χ2n) is 2.34. The Morgan fingerprint density at radius 1 is 1.00 bits per heavy atom. The molecule has 0 saturated carbocycles. The molecule has 0 atom stereocenters. The Morgan fingerprint density at radius 2 is 1.25 bits per heavy atom. The largest absolute Gasteiger partial charge is 0.552 e. The fourth-order valence-electron chi connectivity index (χ4n) is 0.750. The predicted octanol–water partition coefficient (Wildman–Crippen LogP) is 3.10. The zero-order chi connectivity index (χ0) is 6.62. The van der Waals surface area contributed by atoms with Crippen LogP contribution in [0, 0.1) is 0 Å². The molecule has 0 aliphatic carbocycles. The molecule has 50 valence electrons. The van der Waals surface area contributed by atoms with Crippen LogP contribution in [-0.2, 0) is 0 Å². The Morgan fingerprint density at radius 3 is 1.25 bits per heavy atom. The molecule has 0 fully saturated rings. The van der Waals surface area contributed by atoms with Crippen LogP contribution in [-0.4, -0.2) is 5.16 Å². The predicted molar refractivity (Wildman–Crippen MR) is 41.9 cm³/mol. The van der Waals surface area contributed by atoms with Gasteiger partial charge < -0.3 is 9.24 Å². The Kier molecular flexibility index (Phi) is 3.64. The van der Waals surface area contributed by atoms with Crippen molar-refractivity contribution in [3.05, 3.63) is 0 Å². The average molecular weight is 131 g/mol. The molecule has 0 aromatic rings. The standard InChI is InChI=1S/C7H16P/c1-4-7(8,5-2)6-3/h8H,4-6H2,1-3H3/q-1. The Hall–Kier alpha value is 0.430. The highest BCUT2D eigenvalue weighted by Gasteiger charge is 2.05. The van der Waals surface area contributed by atoms with Crippen LogP contribution in [0.2, 0.25) is 0 Å². The van der Waals surface area contributed by atoms with Gasteiger partial charge in [0.05, 0.1) is 0 Å². The SMILES string of the molecule is CCC([PH-])(CC)CC. The van der Waals surface area contributed by atoms with Gasteiger partial charge in [-0.15, -0.1) is 0 Å². The fraction of sp³-hybridized carbons (Fsp3) is 1.00. The molecule has 0 aliphatic rings. The van der Waals surface area contributed by atoms with Gasteiger partial charge in [0.15, 0.2) is 0 Å².